The second-order valence-electron chi connectivity index (χ2n) is 1.72. The van der Waals surface area contributed by atoms with Crippen molar-refractivity contribution in [2.45, 2.75) is 5.29 Å². The van der Waals surface area contributed by atoms with Crippen molar-refractivity contribution in [1.82, 2.24) is 0 Å². The Morgan fingerprint density at radius 1 is 1.25 bits per heavy atom. The normalized spacial score (nSPS) is 16.9. The summed E-state index contributed by atoms with van der Waals surface area (Å²) >= 11 is 11.0. The van der Waals surface area contributed by atoms with Gasteiger partial charge in [0.05, 0.1) is 19.0 Å². The van der Waals surface area contributed by atoms with Crippen LogP contribution in [-0.4, -0.2) is 35.3 Å². The SMILES string of the molecule is NC([SiH2]CCl)[SiH2]CCl. The highest BCUT2D eigenvalue weighted by Gasteiger charge is 1.99. The lowest BCUT2D eigenvalue weighted by molar-refractivity contribution is 1.23. The molecule has 0 aromatic rings. The summed E-state index contributed by atoms with van der Waals surface area (Å²) in [7, 11) is -0.289. The molecule has 1 nitrogen and oxygen atoms in total. The first-order chi connectivity index (χ1) is 3.81. The van der Waals surface area contributed by atoms with Crippen LogP contribution in [0.15, 0.2) is 0 Å². The fourth-order valence-corrected chi connectivity index (χ4v) is 6.60. The lowest BCUT2D eigenvalue weighted by Crippen LogP contribution is -2.35. The van der Waals surface area contributed by atoms with E-state index >= 15 is 0 Å². The zero-order chi connectivity index (χ0) is 6.41. The Morgan fingerprint density at radius 2 is 1.62 bits per heavy atom. The lowest BCUT2D eigenvalue weighted by atomic mass is 11.5. The molecular weight excluding hydrogens is 177 g/mol. The monoisotopic (exact) mass is 187 g/mol. The van der Waals surface area contributed by atoms with Crippen LogP contribution in [0.25, 0.3) is 0 Å². The van der Waals surface area contributed by atoms with E-state index in [0.29, 0.717) is 5.29 Å². The van der Waals surface area contributed by atoms with Crippen LogP contribution in [0.1, 0.15) is 0 Å². The Bertz CT molecular complexity index is 48.5. The van der Waals surface area contributed by atoms with Gasteiger partial charge in [0.2, 0.25) is 0 Å². The molecule has 5 heteroatoms. The third kappa shape index (κ3) is 5.12. The summed E-state index contributed by atoms with van der Waals surface area (Å²) < 4.78 is 0. The van der Waals surface area contributed by atoms with E-state index in [-0.39, 0.29) is 19.0 Å². The highest BCUT2D eigenvalue weighted by atomic mass is 35.5. The number of hydrogen-bond donors (Lipinski definition) is 1. The van der Waals surface area contributed by atoms with Crippen molar-refractivity contribution in [3.05, 3.63) is 0 Å². The van der Waals surface area contributed by atoms with Crippen LogP contribution in [0, 0.1) is 0 Å². The van der Waals surface area contributed by atoms with Gasteiger partial charge in [-0.2, -0.15) is 0 Å². The van der Waals surface area contributed by atoms with Crippen LogP contribution in [-0.2, 0) is 0 Å². The largest absolute Gasteiger partial charge is 0.334 e. The zero-order valence-electron chi connectivity index (χ0n) is 4.74. The van der Waals surface area contributed by atoms with Gasteiger partial charge in [0.1, 0.15) is 0 Å². The molecule has 0 amide bonds. The van der Waals surface area contributed by atoms with Gasteiger partial charge in [-0.25, -0.2) is 0 Å². The van der Waals surface area contributed by atoms with Crippen molar-refractivity contribution < 1.29 is 0 Å². The molecule has 8 heavy (non-hydrogen) atoms. The Kier molecular flexibility index (Phi) is 6.84. The Hall–Kier alpha value is 0.974. The van der Waals surface area contributed by atoms with Gasteiger partial charge in [0, 0.05) is 11.0 Å². The fourth-order valence-electron chi connectivity index (χ4n) is 0.425. The summed E-state index contributed by atoms with van der Waals surface area (Å²) in [4.78, 5) is 0. The van der Waals surface area contributed by atoms with Crippen molar-refractivity contribution in [2.75, 3.05) is 11.0 Å². The van der Waals surface area contributed by atoms with E-state index in [1.165, 1.54) is 0 Å². The van der Waals surface area contributed by atoms with E-state index < -0.39 is 0 Å². The molecule has 0 fully saturated rings. The second-order valence-corrected chi connectivity index (χ2v) is 9.15. The molecule has 0 radical (unpaired) electrons. The maximum absolute atomic E-state index is 5.65. The molecule has 50 valence electrons. The maximum Gasteiger partial charge on any atom is 0.0532 e. The second kappa shape index (κ2) is 6.10. The van der Waals surface area contributed by atoms with Crippen molar-refractivity contribution in [3.63, 3.8) is 0 Å². The van der Waals surface area contributed by atoms with Crippen LogP contribution < -0.4 is 5.73 Å². The van der Waals surface area contributed by atoms with Gasteiger partial charge >= 0.3 is 0 Å². The minimum absolute atomic E-state index is 0.144. The number of rotatable bonds is 4. The van der Waals surface area contributed by atoms with Gasteiger partial charge in [-0.05, 0) is 5.29 Å². The summed E-state index contributed by atoms with van der Waals surface area (Å²) in [6.07, 6.45) is 0. The highest BCUT2D eigenvalue weighted by molar-refractivity contribution is 6.67. The molecule has 0 saturated carbocycles. The van der Waals surface area contributed by atoms with Crippen LogP contribution in [0.3, 0.4) is 0 Å². The fraction of sp³-hybridized carbons (Fsp3) is 1.00. The third-order valence-corrected chi connectivity index (χ3v) is 6.64. The predicted octanol–water partition coefficient (Wildman–Crippen LogP) is -1.04. The maximum atomic E-state index is 5.65. The summed E-state index contributed by atoms with van der Waals surface area (Å²) in [5, 5.41) is 0.477. The van der Waals surface area contributed by atoms with Crippen LogP contribution in [0.5, 0.6) is 0 Å². The Morgan fingerprint density at radius 3 is 1.88 bits per heavy atom. The van der Waals surface area contributed by atoms with Crippen molar-refractivity contribution >= 4 is 42.2 Å². The molecule has 0 aromatic carbocycles. The first-order valence-electron chi connectivity index (χ1n) is 2.68. The minimum Gasteiger partial charge on any atom is -0.334 e. The third-order valence-electron chi connectivity index (χ3n) is 0.960. The predicted molar refractivity (Wildman–Crippen MR) is 46.5 cm³/mol. The quantitative estimate of drug-likeness (QED) is 0.442. The standard InChI is InChI=1S/C3H11Cl2NSi2/c4-1-7-3(6)8-2-5/h3H,1-2,6-8H2. The smallest absolute Gasteiger partial charge is 0.0532 e. The molecule has 0 aliphatic carbocycles. The van der Waals surface area contributed by atoms with E-state index in [2.05, 4.69) is 0 Å². The first kappa shape index (κ1) is 8.97. The minimum atomic E-state index is -0.144. The molecular formula is C3H11Cl2NSi2. The molecule has 0 atom stereocenters. The molecule has 0 aliphatic heterocycles. The van der Waals surface area contributed by atoms with Crippen molar-refractivity contribution in [2.24, 2.45) is 5.73 Å². The van der Waals surface area contributed by atoms with Gasteiger partial charge in [0.25, 0.3) is 0 Å². The Balaban J connectivity index is 2.92. The van der Waals surface area contributed by atoms with Gasteiger partial charge in [0.15, 0.2) is 0 Å². The molecule has 0 rings (SSSR count). The molecule has 0 aromatic heterocycles. The average Bonchev–Trinajstić information content (AvgIpc) is 1.68. The number of nitrogens with two attached hydrogens (primary N) is 1. The molecule has 0 spiro atoms. The summed E-state index contributed by atoms with van der Waals surface area (Å²) in [5.74, 6) is 0. The van der Waals surface area contributed by atoms with Gasteiger partial charge in [-0.1, -0.05) is 0 Å². The van der Waals surface area contributed by atoms with Crippen LogP contribution in [0.2, 0.25) is 0 Å². The number of hydrogen-bond acceptors (Lipinski definition) is 1. The van der Waals surface area contributed by atoms with E-state index in [4.69, 9.17) is 28.9 Å². The molecule has 0 unspecified atom stereocenters. The molecule has 0 aliphatic rings. The summed E-state index contributed by atoms with van der Waals surface area (Å²) in [6, 6.07) is 0. The van der Waals surface area contributed by atoms with Crippen molar-refractivity contribution in [1.29, 1.82) is 0 Å². The van der Waals surface area contributed by atoms with Gasteiger partial charge in [-0.3, -0.25) is 0 Å². The average molecular weight is 188 g/mol. The van der Waals surface area contributed by atoms with Crippen LogP contribution >= 0.6 is 23.2 Å². The lowest BCUT2D eigenvalue weighted by Gasteiger charge is -2.02. The van der Waals surface area contributed by atoms with E-state index in [0.717, 1.165) is 11.0 Å². The Labute approximate surface area is 64.6 Å². The van der Waals surface area contributed by atoms with Gasteiger partial charge in [-0.15, -0.1) is 23.2 Å². The molecule has 0 bridgehead atoms. The number of halogens is 2. The summed E-state index contributed by atoms with van der Waals surface area (Å²) in [5.41, 5.74) is 7.27. The van der Waals surface area contributed by atoms with E-state index in [1.54, 1.807) is 0 Å². The van der Waals surface area contributed by atoms with Crippen LogP contribution in [0.4, 0.5) is 0 Å². The molecule has 0 heterocycles. The van der Waals surface area contributed by atoms with E-state index in [1.807, 2.05) is 0 Å². The highest BCUT2D eigenvalue weighted by Crippen LogP contribution is 1.79. The number of alkyl halides is 2. The van der Waals surface area contributed by atoms with Crippen molar-refractivity contribution in [3.8, 4) is 0 Å². The van der Waals surface area contributed by atoms with E-state index in [9.17, 15) is 0 Å². The topological polar surface area (TPSA) is 26.0 Å². The van der Waals surface area contributed by atoms with Gasteiger partial charge < -0.3 is 5.73 Å². The zero-order valence-corrected chi connectivity index (χ0v) is 9.08. The first-order valence-corrected chi connectivity index (χ1v) is 7.39. The molecule has 2 N–H and O–H groups in total. The molecule has 0 saturated heterocycles. The summed E-state index contributed by atoms with van der Waals surface area (Å²) in [6.45, 7) is 0.